The lowest BCUT2D eigenvalue weighted by molar-refractivity contribution is -0.147. The van der Waals surface area contributed by atoms with Gasteiger partial charge in [-0.3, -0.25) is 38.4 Å². The molecule has 0 bridgehead atoms. The van der Waals surface area contributed by atoms with Crippen molar-refractivity contribution in [3.05, 3.63) is 0 Å². The third kappa shape index (κ3) is 17.6. The number of likely N-dealkylation sites (N-methyl/N-ethyl adjacent to an activating group) is 5. The fourth-order valence-electron chi connectivity index (χ4n) is 6.58. The second-order valence-electron chi connectivity index (χ2n) is 17.4. The van der Waals surface area contributed by atoms with Gasteiger partial charge in [0.1, 0.15) is 36.3 Å². The van der Waals surface area contributed by atoms with E-state index in [0.29, 0.717) is 18.6 Å². The first-order valence-electron chi connectivity index (χ1n) is 21.3. The van der Waals surface area contributed by atoms with Gasteiger partial charge < -0.3 is 46.6 Å². The highest BCUT2D eigenvalue weighted by Crippen LogP contribution is 2.22. The Balaban J connectivity index is 6.31. The highest BCUT2D eigenvalue weighted by atomic mass is 32.2. The van der Waals surface area contributed by atoms with Crippen LogP contribution >= 0.6 is 11.8 Å². The number of rotatable bonds is 26. The van der Waals surface area contributed by atoms with Crippen LogP contribution in [0, 0.1) is 23.7 Å². The van der Waals surface area contributed by atoms with Crippen molar-refractivity contribution in [1.82, 2.24) is 40.9 Å². The zero-order valence-electron chi connectivity index (χ0n) is 39.3. The van der Waals surface area contributed by atoms with Crippen molar-refractivity contribution in [3.63, 3.8) is 0 Å². The Morgan fingerprint density at radius 3 is 1.38 bits per heavy atom. The van der Waals surface area contributed by atoms with Crippen LogP contribution in [0.25, 0.3) is 0 Å². The summed E-state index contributed by atoms with van der Waals surface area (Å²) in [5, 5.41) is 9.88. The molecule has 0 saturated heterocycles. The Kier molecular flexibility index (Phi) is 25.3. The van der Waals surface area contributed by atoms with Crippen LogP contribution in [0.4, 0.5) is 0 Å². The van der Waals surface area contributed by atoms with Gasteiger partial charge in [-0.1, -0.05) is 62.3 Å². The van der Waals surface area contributed by atoms with Gasteiger partial charge >= 0.3 is 0 Å². The first-order chi connectivity index (χ1) is 27.8. The molecule has 0 rings (SSSR count). The Labute approximate surface area is 364 Å². The van der Waals surface area contributed by atoms with Gasteiger partial charge in [0.25, 0.3) is 5.91 Å². The lowest BCUT2D eigenvalue weighted by Crippen LogP contribution is -2.61. The average Bonchev–Trinajstić information content (AvgIpc) is 3.17. The number of carbonyl (C=O) groups excluding carboxylic acids is 8. The predicted molar refractivity (Wildman–Crippen MR) is 237 cm³/mol. The fourth-order valence-corrected chi connectivity index (χ4v) is 7.59. The van der Waals surface area contributed by atoms with Crippen LogP contribution in [0.1, 0.15) is 108 Å². The van der Waals surface area contributed by atoms with Gasteiger partial charge in [-0.05, 0) is 63.2 Å². The Bertz CT molecular complexity index is 1450. The van der Waals surface area contributed by atoms with E-state index in [2.05, 4.69) is 21.3 Å². The molecule has 18 heteroatoms. The van der Waals surface area contributed by atoms with Crippen molar-refractivity contribution in [2.24, 2.45) is 29.4 Å². The Morgan fingerprint density at radius 1 is 0.550 bits per heavy atom. The quantitative estimate of drug-likeness (QED) is 0.0793. The molecule has 0 aliphatic rings. The maximum atomic E-state index is 14.3. The number of nitrogens with one attached hydrogen (secondary N) is 4. The first-order valence-corrected chi connectivity index (χ1v) is 22.3. The van der Waals surface area contributed by atoms with Gasteiger partial charge in [-0.2, -0.15) is 0 Å². The molecule has 1 unspecified atom stereocenters. The molecule has 0 aromatic carbocycles. The molecular formula is C42H79N9O8S. The molecule has 17 nitrogen and oxygen atoms in total. The summed E-state index contributed by atoms with van der Waals surface area (Å²) in [4.78, 5) is 114. The molecule has 0 aliphatic carbocycles. The molecule has 0 heterocycles. The van der Waals surface area contributed by atoms with Crippen LogP contribution in [-0.2, 0) is 38.4 Å². The van der Waals surface area contributed by atoms with Gasteiger partial charge in [0.05, 0.1) is 0 Å². The molecule has 0 aromatic heterocycles. The number of carbonyl (C=O) groups is 8. The van der Waals surface area contributed by atoms with E-state index >= 15 is 0 Å². The van der Waals surface area contributed by atoms with Gasteiger partial charge in [0.15, 0.2) is 5.37 Å². The maximum absolute atomic E-state index is 14.3. The van der Waals surface area contributed by atoms with Crippen LogP contribution in [0.2, 0.25) is 0 Å². The minimum atomic E-state index is -1.10. The maximum Gasteiger partial charge on any atom is 0.256 e. The summed E-state index contributed by atoms with van der Waals surface area (Å²) < 4.78 is 0. The van der Waals surface area contributed by atoms with E-state index in [9.17, 15) is 38.4 Å². The van der Waals surface area contributed by atoms with Crippen molar-refractivity contribution >= 4 is 59.0 Å². The van der Waals surface area contributed by atoms with Crippen LogP contribution in [-0.4, -0.2) is 156 Å². The summed E-state index contributed by atoms with van der Waals surface area (Å²) in [6, 6.07) is -5.96. The highest BCUT2D eigenvalue weighted by Gasteiger charge is 2.39. The summed E-state index contributed by atoms with van der Waals surface area (Å²) in [5.74, 6) is -3.75. The molecule has 7 atom stereocenters. The number of nitrogens with two attached hydrogens (primary N) is 1. The third-order valence-electron chi connectivity index (χ3n) is 10.2. The average molecular weight is 870 g/mol. The van der Waals surface area contributed by atoms with E-state index in [1.807, 2.05) is 48.5 Å². The molecule has 0 fully saturated rings. The van der Waals surface area contributed by atoms with E-state index in [-0.39, 0.29) is 55.4 Å². The zero-order valence-corrected chi connectivity index (χ0v) is 40.2. The minimum absolute atomic E-state index is 0.0221. The monoisotopic (exact) mass is 870 g/mol. The predicted octanol–water partition coefficient (Wildman–Crippen LogP) is 1.78. The third-order valence-corrected chi connectivity index (χ3v) is 11.5. The van der Waals surface area contributed by atoms with E-state index < -0.39 is 83.0 Å². The summed E-state index contributed by atoms with van der Waals surface area (Å²) in [6.07, 6.45) is 1.79. The molecule has 0 aliphatic heterocycles. The molecule has 346 valence electrons. The van der Waals surface area contributed by atoms with E-state index in [0.717, 1.165) is 0 Å². The number of amides is 8. The normalized spacial score (nSPS) is 14.9. The van der Waals surface area contributed by atoms with E-state index in [4.69, 9.17) is 5.73 Å². The number of hydrogen-bond donors (Lipinski definition) is 5. The Morgan fingerprint density at radius 2 is 0.967 bits per heavy atom. The molecule has 60 heavy (non-hydrogen) atoms. The van der Waals surface area contributed by atoms with Crippen molar-refractivity contribution in [3.8, 4) is 0 Å². The van der Waals surface area contributed by atoms with Crippen molar-refractivity contribution in [2.75, 3.05) is 47.5 Å². The van der Waals surface area contributed by atoms with E-state index in [1.165, 1.54) is 73.4 Å². The smallest absolute Gasteiger partial charge is 0.256 e. The minimum Gasteiger partial charge on any atom is -0.357 e. The topological polar surface area (TPSA) is 224 Å². The largest absolute Gasteiger partial charge is 0.357 e. The number of hydrogen-bond acceptors (Lipinski definition) is 10. The Hall–Kier alpha value is -3.93. The van der Waals surface area contributed by atoms with Crippen molar-refractivity contribution in [2.45, 2.75) is 150 Å². The summed E-state index contributed by atoms with van der Waals surface area (Å²) in [6.45, 7) is 20.1. The lowest BCUT2D eigenvalue weighted by Gasteiger charge is -2.37. The van der Waals surface area contributed by atoms with Crippen LogP contribution in [0.5, 0.6) is 0 Å². The molecule has 0 radical (unpaired) electrons. The number of nitrogens with zero attached hydrogens (tertiary/aromatic N) is 4. The molecule has 0 aromatic rings. The van der Waals surface area contributed by atoms with Crippen molar-refractivity contribution in [1.29, 1.82) is 0 Å². The van der Waals surface area contributed by atoms with Gasteiger partial charge in [0, 0.05) is 54.0 Å². The zero-order chi connectivity index (χ0) is 46.8. The van der Waals surface area contributed by atoms with Crippen molar-refractivity contribution < 1.29 is 38.4 Å². The molecule has 8 amide bonds. The molecule has 6 N–H and O–H groups in total. The number of thioether (sulfide) groups is 1. The van der Waals surface area contributed by atoms with Gasteiger partial charge in [-0.15, -0.1) is 11.8 Å². The fraction of sp³-hybridized carbons (Fsp3) is 0.810. The lowest BCUT2D eigenvalue weighted by atomic mass is 9.97. The first kappa shape index (κ1) is 56.1. The van der Waals surface area contributed by atoms with E-state index in [1.54, 1.807) is 20.9 Å². The standard InChI is InChI=1S/C42H79N9O8S/c1-17-18-33(52)51(16)42(60-20-19-43)41(59)50(15)32(23-26(6)7)38(56)47-34(27(8)9)40(58)49(14)31(22-25(4)5)37(55)45-28(10)35(53)46-29(11)39(57)48(13)30(21-24(2)3)36(54)44-12/h24-32,34,42H,17-23,43H2,1-16H3,(H,44,54)(H,45,55)(H,46,53)(H,47,56)/t28?,29-,30+,31+,32+,34+,42-/m1/s1. The van der Waals surface area contributed by atoms with Crippen LogP contribution < -0.4 is 27.0 Å². The summed E-state index contributed by atoms with van der Waals surface area (Å²) in [7, 11) is 7.56. The molecule has 0 spiro atoms. The summed E-state index contributed by atoms with van der Waals surface area (Å²) in [5.41, 5.74) is 5.75. The van der Waals surface area contributed by atoms with Gasteiger partial charge in [0.2, 0.25) is 41.4 Å². The van der Waals surface area contributed by atoms with Gasteiger partial charge in [-0.25, -0.2) is 0 Å². The second-order valence-corrected chi connectivity index (χ2v) is 18.5. The van der Waals surface area contributed by atoms with Crippen LogP contribution in [0.3, 0.4) is 0 Å². The molecule has 0 saturated carbocycles. The molecular weight excluding hydrogens is 791 g/mol. The highest BCUT2D eigenvalue weighted by molar-refractivity contribution is 8.00. The summed E-state index contributed by atoms with van der Waals surface area (Å²) >= 11 is 1.22. The second kappa shape index (κ2) is 27.1. The SMILES string of the molecule is CCCC(=O)N(C)[C@H](SCCN)C(=O)N(C)[C@@H](CC(C)C)C(=O)N[C@H](C(=O)N(C)[C@@H](CC(C)C)C(=O)NC(C)C(=O)N[C@H](C)C(=O)N(C)[C@@H](CC(C)C)C(=O)NC)C(C)C. The van der Waals surface area contributed by atoms with Crippen LogP contribution in [0.15, 0.2) is 0 Å².